The molecule has 3 heteroatoms. The molecule has 0 amide bonds. The van der Waals surface area contributed by atoms with Crippen LogP contribution in [0.25, 0.3) is 66.8 Å². The summed E-state index contributed by atoms with van der Waals surface area (Å²) in [5, 5.41) is 3.55. The molecule has 0 aliphatic heterocycles. The Balaban J connectivity index is 0.000000126. The molecular formula is C104H79BrN2. The summed E-state index contributed by atoms with van der Waals surface area (Å²) in [5.74, 6) is 0. The minimum absolute atomic E-state index is 0.0395. The molecule has 0 aromatic heterocycles. The van der Waals surface area contributed by atoms with E-state index in [-0.39, 0.29) is 16.2 Å². The van der Waals surface area contributed by atoms with Gasteiger partial charge in [-0.15, -0.1) is 0 Å². The van der Waals surface area contributed by atoms with Crippen molar-refractivity contribution in [2.75, 3.05) is 10.2 Å². The average Bonchev–Trinajstić information content (AvgIpc) is 1.51. The largest absolute Gasteiger partial charge is 0.355 e. The van der Waals surface area contributed by atoms with Gasteiger partial charge in [0.2, 0.25) is 0 Å². The van der Waals surface area contributed by atoms with E-state index in [2.05, 4.69) is 442 Å². The predicted molar refractivity (Wildman–Crippen MR) is 452 cm³/mol. The number of para-hydroxylation sites is 2. The molecule has 0 saturated heterocycles. The molecule has 0 radical (unpaired) electrons. The Labute approximate surface area is 637 Å². The molecule has 2 spiro atoms. The van der Waals surface area contributed by atoms with Crippen molar-refractivity contribution in [1.82, 2.24) is 0 Å². The van der Waals surface area contributed by atoms with Crippen molar-refractivity contribution in [3.8, 4) is 66.8 Å². The molecule has 0 unspecified atom stereocenters. The number of hydrogen-bond acceptors (Lipinski definition) is 2. The normalized spacial score (nSPS) is 14.0. The Kier molecular flexibility index (Phi) is 17.0. The Morgan fingerprint density at radius 1 is 0.224 bits per heavy atom. The van der Waals surface area contributed by atoms with Crippen LogP contribution in [-0.4, -0.2) is 0 Å². The van der Waals surface area contributed by atoms with Crippen LogP contribution < -0.4 is 10.2 Å². The highest BCUT2D eigenvalue weighted by Crippen LogP contribution is 2.66. The average molecular weight is 1440 g/mol. The Bertz CT molecular complexity index is 5880. The first kappa shape index (κ1) is 66.5. The summed E-state index contributed by atoms with van der Waals surface area (Å²) in [6, 6.07) is 145. The molecule has 0 bridgehead atoms. The fraction of sp³-hybridized carbons (Fsp3) is 0.0769. The minimum atomic E-state index is -0.466. The van der Waals surface area contributed by atoms with Gasteiger partial charge in [-0.3, -0.25) is 0 Å². The number of fused-ring (bicyclic) bond motifs is 18. The van der Waals surface area contributed by atoms with Crippen LogP contribution in [-0.2, 0) is 21.7 Å². The van der Waals surface area contributed by atoms with E-state index in [0.29, 0.717) is 0 Å². The van der Waals surface area contributed by atoms with Gasteiger partial charge in [0.1, 0.15) is 0 Å². The highest BCUT2D eigenvalue weighted by atomic mass is 79.9. The number of benzene rings is 16. The van der Waals surface area contributed by atoms with E-state index < -0.39 is 5.41 Å². The molecule has 512 valence electrons. The lowest BCUT2D eigenvalue weighted by molar-refractivity contribution is 0.563. The highest BCUT2D eigenvalue weighted by molar-refractivity contribution is 9.10. The first-order valence-electron chi connectivity index (χ1n) is 37.3. The molecule has 2 nitrogen and oxygen atoms in total. The smallest absolute Gasteiger partial charge is 0.0720 e. The summed E-state index contributed by atoms with van der Waals surface area (Å²) >= 11 is 3.87. The Morgan fingerprint density at radius 2 is 0.533 bits per heavy atom. The third-order valence-electron chi connectivity index (χ3n) is 23.1. The molecule has 16 aromatic carbocycles. The molecule has 4 aliphatic carbocycles. The minimum Gasteiger partial charge on any atom is -0.355 e. The molecule has 0 fully saturated rings. The molecule has 20 rings (SSSR count). The van der Waals surface area contributed by atoms with E-state index in [0.717, 1.165) is 22.7 Å². The van der Waals surface area contributed by atoms with Gasteiger partial charge in [0.25, 0.3) is 0 Å². The van der Waals surface area contributed by atoms with Crippen LogP contribution in [0.4, 0.5) is 28.4 Å². The van der Waals surface area contributed by atoms with Crippen LogP contribution in [0.1, 0.15) is 94.5 Å². The summed E-state index contributed by atoms with van der Waals surface area (Å²) in [6.45, 7) is 9.49. The zero-order valence-electron chi connectivity index (χ0n) is 60.4. The van der Waals surface area contributed by atoms with E-state index in [4.69, 9.17) is 0 Å². The van der Waals surface area contributed by atoms with Gasteiger partial charge in [-0.05, 0) is 160 Å². The zero-order chi connectivity index (χ0) is 72.3. The predicted octanol–water partition coefficient (Wildman–Crippen LogP) is 27.7. The van der Waals surface area contributed by atoms with Crippen LogP contribution in [0.5, 0.6) is 0 Å². The van der Waals surface area contributed by atoms with Gasteiger partial charge in [0, 0.05) is 54.6 Å². The SMILES string of the molecule is CC1(C)c2ccccc2C2(c3ccccc3-c3c(Br)cccc32)c2ccccc21.CC1(C)c2ccccc2C2(c3ccccc3-c3c(N(c4ccc(-c5ccccc5)cc4)c4ccccc4-c4ccccc4)cccc32)c2ccccc21.c1ccc(-c2ccc(Nc3ccccc3-c3ccccc3)cc2)cc1. The summed E-state index contributed by atoms with van der Waals surface area (Å²) in [4.78, 5) is 2.50. The number of rotatable bonds is 9. The van der Waals surface area contributed by atoms with Gasteiger partial charge in [0.15, 0.2) is 0 Å². The van der Waals surface area contributed by atoms with Crippen LogP contribution in [0.15, 0.2) is 405 Å². The van der Waals surface area contributed by atoms with Crippen molar-refractivity contribution in [3.05, 3.63) is 472 Å². The third-order valence-corrected chi connectivity index (χ3v) is 23.7. The standard InChI is InChI=1S/C52H39N.C28H21Br.C24H19N/c1-51(2)43-25-12-14-27-45(43)52(46-28-15-13-26-44(46)51)42-24-11-9-23-41(42)50-47(52)29-17-31-49(50)53(39-34-32-37(33-35-39)36-18-5-3-6-19-36)48-30-16-10-22-40(48)38-20-7-4-8-21-38;1-27(2)20-12-5-7-14-22(20)28(23-15-8-6-13-21(23)27)19-11-4-3-10-18(19)26-24(28)16-9-17-25(26)29;1-3-9-19(10-4-1)20-15-17-22(18-16-20)25-24-14-8-7-13-23(24)21-11-5-2-6-12-21/h3-35H,1-2H3;3-17H,1-2H3;1-18,25H. The lowest BCUT2D eigenvalue weighted by Crippen LogP contribution is -2.40. The van der Waals surface area contributed by atoms with Crippen molar-refractivity contribution >= 4 is 44.4 Å². The quantitative estimate of drug-likeness (QED) is 0.155. The van der Waals surface area contributed by atoms with Crippen molar-refractivity contribution in [1.29, 1.82) is 0 Å². The van der Waals surface area contributed by atoms with Crippen molar-refractivity contribution in [2.24, 2.45) is 0 Å². The highest BCUT2D eigenvalue weighted by Gasteiger charge is 2.55. The van der Waals surface area contributed by atoms with E-state index >= 15 is 0 Å². The lowest BCUT2D eigenvalue weighted by atomic mass is 9.55. The zero-order valence-corrected chi connectivity index (χ0v) is 62.0. The van der Waals surface area contributed by atoms with Crippen molar-refractivity contribution in [3.63, 3.8) is 0 Å². The molecular weight excluding hydrogens is 1360 g/mol. The van der Waals surface area contributed by atoms with Crippen molar-refractivity contribution < 1.29 is 0 Å². The van der Waals surface area contributed by atoms with Crippen LogP contribution in [0.2, 0.25) is 0 Å². The van der Waals surface area contributed by atoms with E-state index in [1.807, 2.05) is 12.1 Å². The monoisotopic (exact) mass is 1430 g/mol. The maximum Gasteiger partial charge on any atom is 0.0720 e. The molecule has 16 aromatic rings. The number of anilines is 5. The molecule has 1 N–H and O–H groups in total. The maximum absolute atomic E-state index is 3.87. The lowest BCUT2D eigenvalue weighted by Gasteiger charge is -2.46. The number of nitrogens with one attached hydrogen (secondary N) is 1. The fourth-order valence-corrected chi connectivity index (χ4v) is 18.9. The van der Waals surface area contributed by atoms with Gasteiger partial charge >= 0.3 is 0 Å². The number of halogens is 1. The Hall–Kier alpha value is -12.4. The molecule has 4 aliphatic rings. The summed E-state index contributed by atoms with van der Waals surface area (Å²) in [6.07, 6.45) is 0. The van der Waals surface area contributed by atoms with Gasteiger partial charge in [-0.25, -0.2) is 0 Å². The van der Waals surface area contributed by atoms with Crippen LogP contribution in [0.3, 0.4) is 0 Å². The van der Waals surface area contributed by atoms with Gasteiger partial charge in [-0.2, -0.15) is 0 Å². The van der Waals surface area contributed by atoms with Gasteiger partial charge in [0.05, 0.1) is 22.2 Å². The summed E-state index contributed by atoms with van der Waals surface area (Å²) in [7, 11) is 0. The maximum atomic E-state index is 3.87. The first-order valence-corrected chi connectivity index (χ1v) is 38.0. The van der Waals surface area contributed by atoms with Crippen molar-refractivity contribution in [2.45, 2.75) is 49.4 Å². The molecule has 0 atom stereocenters. The fourth-order valence-electron chi connectivity index (χ4n) is 18.3. The number of nitrogens with zero attached hydrogens (tertiary/aromatic N) is 1. The molecule has 0 saturated carbocycles. The topological polar surface area (TPSA) is 15.3 Å². The molecule has 0 heterocycles. The Morgan fingerprint density at radius 3 is 1.00 bits per heavy atom. The van der Waals surface area contributed by atoms with Crippen LogP contribution in [0, 0.1) is 0 Å². The second kappa shape index (κ2) is 27.3. The van der Waals surface area contributed by atoms with E-state index in [9.17, 15) is 0 Å². The second-order valence-electron chi connectivity index (χ2n) is 29.5. The van der Waals surface area contributed by atoms with Crippen LogP contribution >= 0.6 is 15.9 Å². The number of hydrogen-bond donors (Lipinski definition) is 1. The summed E-state index contributed by atoms with van der Waals surface area (Å²) in [5.41, 5.74) is 36.2. The summed E-state index contributed by atoms with van der Waals surface area (Å²) < 4.78 is 1.17. The first-order chi connectivity index (χ1) is 52.6. The third kappa shape index (κ3) is 11.0. The molecule has 107 heavy (non-hydrogen) atoms. The van der Waals surface area contributed by atoms with Gasteiger partial charge in [-0.1, -0.05) is 395 Å². The van der Waals surface area contributed by atoms with Gasteiger partial charge < -0.3 is 10.2 Å². The van der Waals surface area contributed by atoms with E-state index in [1.54, 1.807) is 0 Å². The van der Waals surface area contributed by atoms with E-state index in [1.165, 1.54) is 144 Å². The second-order valence-corrected chi connectivity index (χ2v) is 30.4.